The molecule has 8 aromatic carbocycles. The van der Waals surface area contributed by atoms with Crippen LogP contribution in [-0.4, -0.2) is 60.3 Å². The van der Waals surface area contributed by atoms with Gasteiger partial charge < -0.3 is 46.0 Å². The van der Waals surface area contributed by atoms with Crippen LogP contribution in [0.1, 0.15) is 101 Å². The van der Waals surface area contributed by atoms with Crippen molar-refractivity contribution in [3.05, 3.63) is 259 Å². The van der Waals surface area contributed by atoms with Gasteiger partial charge in [-0.2, -0.15) is 0 Å². The predicted octanol–water partition coefficient (Wildman–Crippen LogP) is 7.72. The molecule has 0 heterocycles. The number of carboxylic acids is 3. The van der Waals surface area contributed by atoms with Gasteiger partial charge in [0.05, 0.1) is 18.0 Å². The molecule has 8 rings (SSSR count). The van der Waals surface area contributed by atoms with E-state index < -0.39 is 17.9 Å². The molecule has 0 bridgehead atoms. The first-order chi connectivity index (χ1) is 36.9. The summed E-state index contributed by atoms with van der Waals surface area (Å²) in [4.78, 5) is 43.2. The number of aryl methyl sites for hydroxylation is 8. The first kappa shape index (κ1) is 74.2. The van der Waals surface area contributed by atoms with Crippen LogP contribution in [0.4, 0.5) is 0 Å². The number of aromatic hydroxyl groups is 4. The third-order valence-electron chi connectivity index (χ3n) is 11.2. The zero-order valence-electron chi connectivity index (χ0n) is 47.4. The SMILES string of the molecule is C.Cc1cc(C)cc(/C=C(\C(=O)O)c2ccc(O)cc2)c1.Cc1cc(C)cc(/C=C(\C(=O)[O-])c2ccc(O)cc2)c1.Cc1cc(C)cc(/C=C/c2ccc(O)cc2)c1.Cc1cc(C)cc(C=O)c1.O=C(O)Cc1ccc(O)cc1.[Na+].[Na+].[OH-]. The Morgan fingerprint density at radius 3 is 1.00 bits per heavy atom. The number of carbonyl (C=O) groups excluding carboxylic acids is 2. The van der Waals surface area contributed by atoms with E-state index in [-0.39, 0.29) is 107 Å². The second-order valence-electron chi connectivity index (χ2n) is 18.8. The van der Waals surface area contributed by atoms with Crippen molar-refractivity contribution in [3.8, 4) is 23.0 Å². The van der Waals surface area contributed by atoms with Gasteiger partial charge in [-0.1, -0.05) is 173 Å². The number of aliphatic carboxylic acids is 3. The van der Waals surface area contributed by atoms with E-state index in [9.17, 15) is 44.7 Å². The molecule has 7 N–H and O–H groups in total. The van der Waals surface area contributed by atoms with Crippen LogP contribution in [0.15, 0.2) is 170 Å². The van der Waals surface area contributed by atoms with Gasteiger partial charge in [0.1, 0.15) is 29.3 Å². The van der Waals surface area contributed by atoms with Crippen molar-refractivity contribution >= 4 is 59.6 Å². The summed E-state index contributed by atoms with van der Waals surface area (Å²) in [6.07, 6.45) is 8.25. The van der Waals surface area contributed by atoms with Crippen LogP contribution in [0.2, 0.25) is 0 Å². The van der Waals surface area contributed by atoms with E-state index in [2.05, 4.69) is 38.1 Å². The number of benzene rings is 8. The number of rotatable bonds is 11. The van der Waals surface area contributed by atoms with Gasteiger partial charge in [0.25, 0.3) is 0 Å². The first-order valence-corrected chi connectivity index (χ1v) is 24.7. The minimum atomic E-state index is -1.24. The molecule has 0 saturated heterocycles. The number of carbonyl (C=O) groups is 4. The maximum atomic E-state index is 11.4. The fourth-order valence-corrected chi connectivity index (χ4v) is 8.08. The summed E-state index contributed by atoms with van der Waals surface area (Å²) in [5.74, 6) is -2.43. The summed E-state index contributed by atoms with van der Waals surface area (Å²) in [5.41, 5.74) is 15.9. The third-order valence-corrected chi connectivity index (χ3v) is 11.2. The Hall–Kier alpha value is -7.78. The van der Waals surface area contributed by atoms with Crippen molar-refractivity contribution in [2.45, 2.75) is 69.2 Å². The molecule has 0 spiro atoms. The summed E-state index contributed by atoms with van der Waals surface area (Å²) in [5, 5.41) is 65.6. The largest absolute Gasteiger partial charge is 1.00 e. The Morgan fingerprint density at radius 1 is 0.402 bits per heavy atom. The van der Waals surface area contributed by atoms with Gasteiger partial charge >= 0.3 is 71.1 Å². The quantitative estimate of drug-likeness (QED) is 0.0316. The smallest absolute Gasteiger partial charge is 0.870 e. The average Bonchev–Trinajstić information content (AvgIpc) is 3.35. The monoisotopic (exact) mass is 1120 g/mol. The topological polar surface area (TPSA) is 243 Å². The van der Waals surface area contributed by atoms with Gasteiger partial charge in [-0.15, -0.1) is 0 Å². The molecule has 14 heteroatoms. The normalized spacial score (nSPS) is 10.2. The van der Waals surface area contributed by atoms with Crippen LogP contribution >= 0.6 is 0 Å². The number of hydrogen-bond acceptors (Lipinski definition) is 10. The van der Waals surface area contributed by atoms with Gasteiger partial charge in [0.15, 0.2) is 0 Å². The Bertz CT molecular complexity index is 3220. The van der Waals surface area contributed by atoms with Crippen LogP contribution in [-0.2, 0) is 20.8 Å². The maximum Gasteiger partial charge on any atom is 1.00 e. The molecule has 0 atom stereocenters. The molecule has 0 radical (unpaired) electrons. The van der Waals surface area contributed by atoms with Crippen molar-refractivity contribution in [1.82, 2.24) is 0 Å². The van der Waals surface area contributed by atoms with Crippen molar-refractivity contribution in [2.24, 2.45) is 0 Å². The molecular formula is C68H70Na2O12. The molecule has 0 amide bonds. The summed E-state index contributed by atoms with van der Waals surface area (Å²) < 4.78 is 0. The second kappa shape index (κ2) is 37.3. The van der Waals surface area contributed by atoms with Gasteiger partial charge in [0.2, 0.25) is 0 Å². The predicted molar refractivity (Wildman–Crippen MR) is 319 cm³/mol. The van der Waals surface area contributed by atoms with Crippen molar-refractivity contribution < 1.29 is 120 Å². The van der Waals surface area contributed by atoms with Crippen molar-refractivity contribution in [1.29, 1.82) is 0 Å². The molecule has 0 unspecified atom stereocenters. The van der Waals surface area contributed by atoms with Crippen LogP contribution in [0.3, 0.4) is 0 Å². The van der Waals surface area contributed by atoms with Crippen LogP contribution in [0, 0.1) is 55.4 Å². The third kappa shape index (κ3) is 27.6. The molecule has 0 fully saturated rings. The molecule has 82 heavy (non-hydrogen) atoms. The Kier molecular flexibility index (Phi) is 33.7. The summed E-state index contributed by atoms with van der Waals surface area (Å²) in [6, 6.07) is 49.5. The van der Waals surface area contributed by atoms with Crippen molar-refractivity contribution in [3.63, 3.8) is 0 Å². The summed E-state index contributed by atoms with van der Waals surface area (Å²) >= 11 is 0. The number of aldehydes is 1. The zero-order valence-corrected chi connectivity index (χ0v) is 51.4. The van der Waals surface area contributed by atoms with E-state index in [1.165, 1.54) is 53.1 Å². The van der Waals surface area contributed by atoms with E-state index in [0.717, 1.165) is 61.9 Å². The molecule has 0 aliphatic heterocycles. The Morgan fingerprint density at radius 2 is 0.683 bits per heavy atom. The van der Waals surface area contributed by atoms with E-state index in [1.54, 1.807) is 60.7 Å². The van der Waals surface area contributed by atoms with Gasteiger partial charge in [0, 0.05) is 11.1 Å². The molecule has 0 aromatic heterocycles. The standard InChI is InChI=1S/2C17H16O3.C16H16O.C9H10O.C8H8O3.CH4.2Na.H2O/c2*1-11-7-12(2)9-13(8-11)10-16(17(19)20)14-3-5-15(18)6-4-14;1-12-9-13(2)11-15(10-12)4-3-14-5-7-16(17)8-6-14;1-7-3-8(2)5-9(4-7)6-10;9-7-3-1-6(2-4-7)5-8(10)11;;;;/h2*3-10,18H,1-2H3,(H,19,20);3-11,17H,1-2H3;3-6H,1-2H3;1-4,9H,5H2,(H,10,11);1H4;;;1H2/q;;;;;;2*+1;/p-2/b2*16-10-;4-3+;;;;;;. The zero-order chi connectivity index (χ0) is 57.5. The summed E-state index contributed by atoms with van der Waals surface area (Å²) in [6.45, 7) is 16.1. The minimum Gasteiger partial charge on any atom is -0.870 e. The van der Waals surface area contributed by atoms with Gasteiger partial charge in [-0.3, -0.25) is 9.59 Å². The van der Waals surface area contributed by atoms with E-state index >= 15 is 0 Å². The molecule has 416 valence electrons. The van der Waals surface area contributed by atoms with Crippen molar-refractivity contribution in [2.75, 3.05) is 0 Å². The fraction of sp³-hybridized carbons (Fsp3) is 0.147. The van der Waals surface area contributed by atoms with E-state index in [4.69, 9.17) is 10.2 Å². The Labute approximate surface area is 526 Å². The van der Waals surface area contributed by atoms with E-state index in [0.29, 0.717) is 22.4 Å². The van der Waals surface area contributed by atoms with Crippen LogP contribution in [0.25, 0.3) is 35.5 Å². The first-order valence-electron chi connectivity index (χ1n) is 24.7. The second-order valence-corrected chi connectivity index (χ2v) is 18.8. The number of hydrogen-bond donors (Lipinski definition) is 6. The maximum absolute atomic E-state index is 11.4. The molecule has 0 aliphatic carbocycles. The molecule has 8 aromatic rings. The summed E-state index contributed by atoms with van der Waals surface area (Å²) in [7, 11) is 0. The Balaban J connectivity index is 0.00000101. The number of carboxylic acid groups (broad SMARTS) is 3. The van der Waals surface area contributed by atoms with Crippen LogP contribution < -0.4 is 64.2 Å². The number of phenolic OH excluding ortho intramolecular Hbond substituents is 4. The van der Waals surface area contributed by atoms with E-state index in [1.807, 2.05) is 114 Å². The van der Waals surface area contributed by atoms with Gasteiger partial charge in [-0.25, -0.2) is 4.79 Å². The molecule has 0 aliphatic rings. The molecule has 0 saturated carbocycles. The minimum absolute atomic E-state index is 0. The molecule has 12 nitrogen and oxygen atoms in total. The van der Waals surface area contributed by atoms with Crippen LogP contribution in [0.5, 0.6) is 23.0 Å². The van der Waals surface area contributed by atoms with Gasteiger partial charge in [-0.05, 0) is 167 Å². The molecular weight excluding hydrogens is 1050 g/mol. The fourth-order valence-electron chi connectivity index (χ4n) is 8.08. The average molecular weight is 1130 g/mol. The number of phenols is 4.